The van der Waals surface area contributed by atoms with Crippen LogP contribution in [0.4, 0.5) is 0 Å². The summed E-state index contributed by atoms with van der Waals surface area (Å²) in [5, 5.41) is 0. The maximum atomic E-state index is 12.1. The largest absolute Gasteiger partial charge is 0.466 e. The van der Waals surface area contributed by atoms with Crippen molar-refractivity contribution in [1.29, 1.82) is 0 Å². The van der Waals surface area contributed by atoms with Gasteiger partial charge in [0, 0.05) is 6.42 Å². The average molecular weight is 379 g/mol. The molecule has 0 radical (unpaired) electrons. The third-order valence-corrected chi connectivity index (χ3v) is 7.33. The van der Waals surface area contributed by atoms with E-state index in [0.29, 0.717) is 18.9 Å². The quantitative estimate of drug-likeness (QED) is 0.257. The van der Waals surface area contributed by atoms with E-state index in [9.17, 15) is 4.79 Å². The lowest BCUT2D eigenvalue weighted by molar-refractivity contribution is -0.145. The van der Waals surface area contributed by atoms with E-state index in [1.54, 1.807) is 0 Å². The zero-order valence-corrected chi connectivity index (χ0v) is 18.4. The molecule has 0 bridgehead atoms. The minimum absolute atomic E-state index is 0.0629. The summed E-state index contributed by atoms with van der Waals surface area (Å²) in [5.41, 5.74) is 0. The van der Waals surface area contributed by atoms with Gasteiger partial charge in [-0.1, -0.05) is 71.6 Å². The van der Waals surface area contributed by atoms with Crippen LogP contribution >= 0.6 is 0 Å². The smallest absolute Gasteiger partial charge is 0.306 e. The number of hydrogen-bond acceptors (Lipinski definition) is 2. The van der Waals surface area contributed by atoms with Gasteiger partial charge >= 0.3 is 5.97 Å². The topological polar surface area (TPSA) is 26.3 Å². The number of unbranched alkanes of at least 4 members (excludes halogenated alkanes) is 7. The fraction of sp³-hybridized carbons (Fsp3) is 0.960. The molecule has 2 heteroatoms. The van der Waals surface area contributed by atoms with Gasteiger partial charge in [0.05, 0.1) is 6.61 Å². The van der Waals surface area contributed by atoms with E-state index in [1.807, 2.05) is 0 Å². The summed E-state index contributed by atoms with van der Waals surface area (Å²) in [6, 6.07) is 0. The van der Waals surface area contributed by atoms with Gasteiger partial charge in [-0.05, 0) is 68.6 Å². The molecule has 158 valence electrons. The van der Waals surface area contributed by atoms with Crippen molar-refractivity contribution in [2.75, 3.05) is 6.61 Å². The van der Waals surface area contributed by atoms with Crippen molar-refractivity contribution in [3.63, 3.8) is 0 Å². The molecule has 0 amide bonds. The lowest BCUT2D eigenvalue weighted by atomic mass is 9.69. The molecule has 2 nitrogen and oxygen atoms in total. The summed E-state index contributed by atoms with van der Waals surface area (Å²) >= 11 is 0. The molecule has 2 fully saturated rings. The maximum absolute atomic E-state index is 12.1. The van der Waals surface area contributed by atoms with Crippen LogP contribution in [0.1, 0.15) is 123 Å². The highest BCUT2D eigenvalue weighted by atomic mass is 16.5. The van der Waals surface area contributed by atoms with E-state index in [4.69, 9.17) is 4.74 Å². The molecule has 2 aliphatic carbocycles. The van der Waals surface area contributed by atoms with E-state index in [-0.39, 0.29) is 5.97 Å². The molecule has 0 aromatic carbocycles. The van der Waals surface area contributed by atoms with Gasteiger partial charge in [0.1, 0.15) is 0 Å². The second-order valence-corrected chi connectivity index (χ2v) is 9.70. The third-order valence-electron chi connectivity index (χ3n) is 7.33. The van der Waals surface area contributed by atoms with Crippen LogP contribution in [0.25, 0.3) is 0 Å². The van der Waals surface area contributed by atoms with Gasteiger partial charge in [-0.2, -0.15) is 0 Å². The molecule has 0 N–H and O–H groups in total. The Hall–Kier alpha value is -0.530. The Balaban J connectivity index is 1.45. The summed E-state index contributed by atoms with van der Waals surface area (Å²) < 4.78 is 5.51. The predicted octanol–water partition coefficient (Wildman–Crippen LogP) is 7.69. The Morgan fingerprint density at radius 1 is 0.741 bits per heavy atom. The van der Waals surface area contributed by atoms with Crippen LogP contribution in [0.2, 0.25) is 0 Å². The van der Waals surface area contributed by atoms with E-state index < -0.39 is 0 Å². The van der Waals surface area contributed by atoms with Crippen molar-refractivity contribution in [1.82, 2.24) is 0 Å². The summed E-state index contributed by atoms with van der Waals surface area (Å²) in [6.45, 7) is 5.31. The molecule has 27 heavy (non-hydrogen) atoms. The van der Waals surface area contributed by atoms with Crippen LogP contribution in [0, 0.1) is 23.7 Å². The van der Waals surface area contributed by atoms with Crippen LogP contribution < -0.4 is 0 Å². The highest BCUT2D eigenvalue weighted by molar-refractivity contribution is 5.69. The monoisotopic (exact) mass is 378 g/mol. The number of esters is 1. The normalized spacial score (nSPS) is 28.8. The van der Waals surface area contributed by atoms with Crippen LogP contribution in [0.5, 0.6) is 0 Å². The second-order valence-electron chi connectivity index (χ2n) is 9.70. The van der Waals surface area contributed by atoms with Crippen molar-refractivity contribution in [2.24, 2.45) is 23.7 Å². The second kappa shape index (κ2) is 13.6. The zero-order valence-electron chi connectivity index (χ0n) is 18.4. The van der Waals surface area contributed by atoms with Gasteiger partial charge in [0.25, 0.3) is 0 Å². The van der Waals surface area contributed by atoms with Crippen molar-refractivity contribution < 1.29 is 9.53 Å². The fourth-order valence-corrected chi connectivity index (χ4v) is 5.34. The maximum Gasteiger partial charge on any atom is 0.306 e. The number of hydrogen-bond donors (Lipinski definition) is 0. The van der Waals surface area contributed by atoms with E-state index >= 15 is 0 Å². The standard InChI is InChI=1S/C25H46O2/c1-3-4-5-6-7-8-9-10-19-27-25(26)20-22-13-17-24(18-14-22)23-15-11-21(2)12-16-23/h21-24H,3-20H2,1-2H3. The molecule has 0 unspecified atom stereocenters. The zero-order chi connectivity index (χ0) is 19.3. The van der Waals surface area contributed by atoms with E-state index in [0.717, 1.165) is 24.2 Å². The Bertz CT molecular complexity index is 376. The van der Waals surface area contributed by atoms with Crippen LogP contribution in [-0.2, 0) is 9.53 Å². The van der Waals surface area contributed by atoms with Gasteiger partial charge < -0.3 is 4.74 Å². The van der Waals surface area contributed by atoms with Gasteiger partial charge in [0.2, 0.25) is 0 Å². The first kappa shape index (κ1) is 22.8. The number of ether oxygens (including phenoxy) is 1. The summed E-state index contributed by atoms with van der Waals surface area (Å²) in [6.07, 6.45) is 22.0. The van der Waals surface area contributed by atoms with Gasteiger partial charge in [-0.25, -0.2) is 0 Å². The first-order chi connectivity index (χ1) is 13.2. The molecule has 2 aliphatic rings. The molecular weight excluding hydrogens is 332 g/mol. The number of carbonyl (C=O) groups excluding carboxylic acids is 1. The number of rotatable bonds is 12. The molecule has 0 heterocycles. The van der Waals surface area contributed by atoms with Gasteiger partial charge in [-0.3, -0.25) is 4.79 Å². The molecule has 2 rings (SSSR count). The van der Waals surface area contributed by atoms with Gasteiger partial charge in [-0.15, -0.1) is 0 Å². The van der Waals surface area contributed by atoms with Gasteiger partial charge in [0.15, 0.2) is 0 Å². The highest BCUT2D eigenvalue weighted by Crippen LogP contribution is 2.41. The van der Waals surface area contributed by atoms with Crippen molar-refractivity contribution in [3.05, 3.63) is 0 Å². The predicted molar refractivity (Wildman–Crippen MR) is 115 cm³/mol. The SMILES string of the molecule is CCCCCCCCCCOC(=O)CC1CCC(C2CCC(C)CC2)CC1. The summed E-state index contributed by atoms with van der Waals surface area (Å²) in [7, 11) is 0. The van der Waals surface area contributed by atoms with Crippen LogP contribution in [0.15, 0.2) is 0 Å². The minimum Gasteiger partial charge on any atom is -0.466 e. The molecular formula is C25H46O2. The molecule has 2 saturated carbocycles. The fourth-order valence-electron chi connectivity index (χ4n) is 5.34. The Morgan fingerprint density at radius 3 is 1.85 bits per heavy atom. The van der Waals surface area contributed by atoms with E-state index in [1.165, 1.54) is 96.3 Å². The average Bonchev–Trinajstić information content (AvgIpc) is 2.68. The third kappa shape index (κ3) is 9.48. The number of carbonyl (C=O) groups is 1. The molecule has 0 atom stereocenters. The first-order valence-electron chi connectivity index (χ1n) is 12.3. The molecule has 0 saturated heterocycles. The van der Waals surface area contributed by atoms with Crippen molar-refractivity contribution >= 4 is 5.97 Å². The molecule has 0 aliphatic heterocycles. The lowest BCUT2D eigenvalue weighted by Crippen LogP contribution is -2.26. The molecule has 0 spiro atoms. The highest BCUT2D eigenvalue weighted by Gasteiger charge is 2.30. The molecule has 0 aromatic rings. The van der Waals surface area contributed by atoms with Crippen LogP contribution in [0.3, 0.4) is 0 Å². The lowest BCUT2D eigenvalue weighted by Gasteiger charge is -2.37. The van der Waals surface area contributed by atoms with Crippen molar-refractivity contribution in [2.45, 2.75) is 123 Å². The Kier molecular flexibility index (Phi) is 11.5. The minimum atomic E-state index is 0.0629. The van der Waals surface area contributed by atoms with Crippen molar-refractivity contribution in [3.8, 4) is 0 Å². The summed E-state index contributed by atoms with van der Waals surface area (Å²) in [5.74, 6) is 3.54. The van der Waals surface area contributed by atoms with E-state index in [2.05, 4.69) is 13.8 Å². The molecule has 0 aromatic heterocycles. The van der Waals surface area contributed by atoms with Crippen LogP contribution in [-0.4, -0.2) is 12.6 Å². The first-order valence-corrected chi connectivity index (χ1v) is 12.3. The summed E-state index contributed by atoms with van der Waals surface area (Å²) in [4.78, 5) is 12.1. The Morgan fingerprint density at radius 2 is 1.26 bits per heavy atom. The Labute approximate surface area is 169 Å².